The van der Waals surface area contributed by atoms with E-state index in [1.807, 2.05) is 24.3 Å². The molecule has 128 valence electrons. The molecule has 4 rings (SSSR count). The van der Waals surface area contributed by atoms with Crippen LogP contribution in [0.2, 0.25) is 0 Å². The van der Waals surface area contributed by atoms with E-state index in [-0.39, 0.29) is 11.7 Å². The van der Waals surface area contributed by atoms with Crippen molar-refractivity contribution in [1.29, 1.82) is 0 Å². The molecule has 4 aromatic rings. The Hall–Kier alpha value is -3.12. The van der Waals surface area contributed by atoms with E-state index in [4.69, 9.17) is 0 Å². The van der Waals surface area contributed by atoms with E-state index in [1.165, 1.54) is 17.4 Å². The third kappa shape index (κ3) is 3.32. The van der Waals surface area contributed by atoms with Gasteiger partial charge in [-0.3, -0.25) is 15.1 Å². The van der Waals surface area contributed by atoms with Gasteiger partial charge < -0.3 is 0 Å². The van der Waals surface area contributed by atoms with E-state index in [0.29, 0.717) is 28.2 Å². The van der Waals surface area contributed by atoms with Gasteiger partial charge in [0.2, 0.25) is 0 Å². The summed E-state index contributed by atoms with van der Waals surface area (Å²) >= 11 is 1.33. The van der Waals surface area contributed by atoms with Gasteiger partial charge in [0.25, 0.3) is 5.91 Å². The van der Waals surface area contributed by atoms with Crippen LogP contribution >= 0.6 is 11.3 Å². The normalized spacial score (nSPS) is 10.8. The molecule has 26 heavy (non-hydrogen) atoms. The van der Waals surface area contributed by atoms with Crippen LogP contribution in [0.25, 0.3) is 10.9 Å². The number of pyridine rings is 1. The fraction of sp³-hybridized carbons (Fsp3) is 0.0500. The van der Waals surface area contributed by atoms with Crippen molar-refractivity contribution in [2.45, 2.75) is 6.42 Å². The molecule has 0 saturated carbocycles. The van der Waals surface area contributed by atoms with Crippen molar-refractivity contribution in [3.05, 3.63) is 88.8 Å². The van der Waals surface area contributed by atoms with Gasteiger partial charge in [0.1, 0.15) is 5.82 Å². The number of aromatic nitrogens is 2. The predicted octanol–water partition coefficient (Wildman–Crippen LogP) is 4.67. The lowest BCUT2D eigenvalue weighted by Gasteiger charge is -2.05. The Morgan fingerprint density at radius 1 is 1.04 bits per heavy atom. The minimum absolute atomic E-state index is 0.242. The lowest BCUT2D eigenvalue weighted by molar-refractivity contribution is 0.102. The zero-order valence-electron chi connectivity index (χ0n) is 13.6. The standard InChI is InChI=1S/C20H14FN3OS/c21-17-9-2-1-5-14(17)11-15-12-23-20(26-15)24-19(25)16-8-3-6-13-7-4-10-22-18(13)16/h1-10,12H,11H2,(H,23,24,25). The summed E-state index contributed by atoms with van der Waals surface area (Å²) in [5.74, 6) is -0.505. The fourth-order valence-electron chi connectivity index (χ4n) is 2.73. The Labute approximate surface area is 153 Å². The van der Waals surface area contributed by atoms with Crippen LogP contribution in [0.5, 0.6) is 0 Å². The van der Waals surface area contributed by atoms with Crippen LogP contribution in [0.15, 0.2) is 67.0 Å². The molecule has 0 saturated heterocycles. The van der Waals surface area contributed by atoms with Crippen LogP contribution < -0.4 is 5.32 Å². The topological polar surface area (TPSA) is 54.9 Å². The van der Waals surface area contributed by atoms with Crippen molar-refractivity contribution in [3.8, 4) is 0 Å². The molecule has 0 bridgehead atoms. The number of hydrogen-bond donors (Lipinski definition) is 1. The first-order valence-electron chi connectivity index (χ1n) is 8.04. The summed E-state index contributed by atoms with van der Waals surface area (Å²) in [5.41, 5.74) is 1.75. The summed E-state index contributed by atoms with van der Waals surface area (Å²) in [6.07, 6.45) is 3.76. The van der Waals surface area contributed by atoms with Crippen LogP contribution in [-0.4, -0.2) is 15.9 Å². The minimum Gasteiger partial charge on any atom is -0.298 e. The second kappa shape index (κ2) is 7.01. The number of halogens is 1. The van der Waals surface area contributed by atoms with Gasteiger partial charge in [-0.1, -0.05) is 36.4 Å². The number of thiazole rings is 1. The Kier molecular flexibility index (Phi) is 4.41. The number of carbonyl (C=O) groups is 1. The zero-order chi connectivity index (χ0) is 17.9. The van der Waals surface area contributed by atoms with Gasteiger partial charge in [-0.15, -0.1) is 11.3 Å². The number of nitrogens with zero attached hydrogens (tertiary/aromatic N) is 2. The fourth-order valence-corrected chi connectivity index (χ4v) is 3.56. The Bertz CT molecular complexity index is 1090. The van der Waals surface area contributed by atoms with E-state index in [1.54, 1.807) is 36.7 Å². The molecular weight excluding hydrogens is 349 g/mol. The number of amides is 1. The molecule has 1 amide bonds. The largest absolute Gasteiger partial charge is 0.298 e. The molecule has 2 heterocycles. The van der Waals surface area contributed by atoms with Gasteiger partial charge >= 0.3 is 0 Å². The van der Waals surface area contributed by atoms with E-state index in [2.05, 4.69) is 15.3 Å². The first-order chi connectivity index (χ1) is 12.7. The quantitative estimate of drug-likeness (QED) is 0.573. The number of anilines is 1. The van der Waals surface area contributed by atoms with E-state index in [9.17, 15) is 9.18 Å². The summed E-state index contributed by atoms with van der Waals surface area (Å²) in [6, 6.07) is 15.9. The molecular formula is C20H14FN3OS. The predicted molar refractivity (Wildman–Crippen MR) is 101 cm³/mol. The number of nitrogens with one attached hydrogen (secondary N) is 1. The van der Waals surface area contributed by atoms with Crippen molar-refractivity contribution >= 4 is 33.3 Å². The van der Waals surface area contributed by atoms with Crippen LogP contribution in [0.4, 0.5) is 9.52 Å². The molecule has 0 aliphatic carbocycles. The SMILES string of the molecule is O=C(Nc1ncc(Cc2ccccc2F)s1)c1cccc2cccnc12. The second-order valence-electron chi connectivity index (χ2n) is 5.73. The Morgan fingerprint density at radius 3 is 2.77 bits per heavy atom. The van der Waals surface area contributed by atoms with Crippen LogP contribution in [0.1, 0.15) is 20.8 Å². The smallest absolute Gasteiger partial charge is 0.259 e. The van der Waals surface area contributed by atoms with Gasteiger partial charge in [0.15, 0.2) is 5.13 Å². The Morgan fingerprint density at radius 2 is 1.88 bits per heavy atom. The molecule has 2 aromatic heterocycles. The summed E-state index contributed by atoms with van der Waals surface area (Å²) in [5, 5.41) is 4.19. The highest BCUT2D eigenvalue weighted by atomic mass is 32.1. The highest BCUT2D eigenvalue weighted by Gasteiger charge is 2.13. The number of fused-ring (bicyclic) bond motifs is 1. The average molecular weight is 363 g/mol. The lowest BCUT2D eigenvalue weighted by Crippen LogP contribution is -2.12. The maximum Gasteiger partial charge on any atom is 0.259 e. The molecule has 0 aliphatic rings. The van der Waals surface area contributed by atoms with Gasteiger partial charge in [-0.05, 0) is 23.8 Å². The lowest BCUT2D eigenvalue weighted by atomic mass is 10.1. The van der Waals surface area contributed by atoms with E-state index >= 15 is 0 Å². The van der Waals surface area contributed by atoms with Gasteiger partial charge in [0, 0.05) is 29.1 Å². The maximum atomic E-state index is 13.8. The number of hydrogen-bond acceptors (Lipinski definition) is 4. The number of rotatable bonds is 4. The molecule has 0 radical (unpaired) electrons. The highest BCUT2D eigenvalue weighted by Crippen LogP contribution is 2.24. The molecule has 1 N–H and O–H groups in total. The maximum absolute atomic E-state index is 13.8. The summed E-state index contributed by atoms with van der Waals surface area (Å²) in [7, 11) is 0. The van der Waals surface area contributed by atoms with Crippen molar-refractivity contribution in [1.82, 2.24) is 9.97 Å². The molecule has 2 aromatic carbocycles. The van der Waals surface area contributed by atoms with Gasteiger partial charge in [-0.2, -0.15) is 0 Å². The number of carbonyl (C=O) groups excluding carboxylic acids is 1. The Balaban J connectivity index is 1.54. The highest BCUT2D eigenvalue weighted by molar-refractivity contribution is 7.15. The van der Waals surface area contributed by atoms with Crippen LogP contribution in [0, 0.1) is 5.82 Å². The van der Waals surface area contributed by atoms with Crippen molar-refractivity contribution < 1.29 is 9.18 Å². The van der Waals surface area contributed by atoms with E-state index in [0.717, 1.165) is 10.3 Å². The third-order valence-corrected chi connectivity index (χ3v) is 4.89. The first-order valence-corrected chi connectivity index (χ1v) is 8.85. The van der Waals surface area contributed by atoms with Gasteiger partial charge in [0.05, 0.1) is 11.1 Å². The molecule has 6 heteroatoms. The zero-order valence-corrected chi connectivity index (χ0v) is 14.5. The second-order valence-corrected chi connectivity index (χ2v) is 6.85. The number of para-hydroxylation sites is 1. The van der Waals surface area contributed by atoms with Crippen molar-refractivity contribution in [3.63, 3.8) is 0 Å². The van der Waals surface area contributed by atoms with Crippen LogP contribution in [-0.2, 0) is 6.42 Å². The minimum atomic E-state index is -0.263. The average Bonchev–Trinajstić information content (AvgIpc) is 3.10. The third-order valence-electron chi connectivity index (χ3n) is 3.97. The molecule has 0 atom stereocenters. The summed E-state index contributed by atoms with van der Waals surface area (Å²) in [6.45, 7) is 0. The first kappa shape index (κ1) is 16.4. The van der Waals surface area contributed by atoms with E-state index < -0.39 is 0 Å². The molecule has 0 spiro atoms. The van der Waals surface area contributed by atoms with Gasteiger partial charge in [-0.25, -0.2) is 9.37 Å². The monoisotopic (exact) mass is 363 g/mol. The number of benzene rings is 2. The van der Waals surface area contributed by atoms with Crippen molar-refractivity contribution in [2.75, 3.05) is 5.32 Å². The summed E-state index contributed by atoms with van der Waals surface area (Å²) < 4.78 is 13.8. The van der Waals surface area contributed by atoms with Crippen LogP contribution in [0.3, 0.4) is 0 Å². The molecule has 4 nitrogen and oxygen atoms in total. The summed E-state index contributed by atoms with van der Waals surface area (Å²) in [4.78, 5) is 22.0. The molecule has 0 fully saturated rings. The van der Waals surface area contributed by atoms with Crippen molar-refractivity contribution in [2.24, 2.45) is 0 Å². The molecule has 0 aliphatic heterocycles. The molecule has 0 unspecified atom stereocenters.